The second-order valence-corrected chi connectivity index (χ2v) is 6.07. The maximum Gasteiger partial charge on any atom is 0.264 e. The van der Waals surface area contributed by atoms with Crippen molar-refractivity contribution in [3.8, 4) is 5.75 Å². The van der Waals surface area contributed by atoms with Crippen LogP contribution in [0.2, 0.25) is 5.02 Å². The molecule has 126 valence electrons. The third kappa shape index (κ3) is 5.51. The largest absolute Gasteiger partial charge is 0.484 e. The van der Waals surface area contributed by atoms with Gasteiger partial charge in [0, 0.05) is 10.7 Å². The third-order valence-corrected chi connectivity index (χ3v) is 4.00. The minimum absolute atomic E-state index is 0.109. The third-order valence-electron chi connectivity index (χ3n) is 3.38. The van der Waals surface area contributed by atoms with Crippen molar-refractivity contribution in [1.82, 2.24) is 5.32 Å². The van der Waals surface area contributed by atoms with Gasteiger partial charge in [-0.3, -0.25) is 10.1 Å². The number of rotatable bonds is 5. The molecule has 1 amide bonds. The fourth-order valence-electron chi connectivity index (χ4n) is 1.97. The van der Waals surface area contributed by atoms with Gasteiger partial charge in [0.2, 0.25) is 0 Å². The maximum atomic E-state index is 11.9. The summed E-state index contributed by atoms with van der Waals surface area (Å²) in [6.45, 7) is 3.89. The lowest BCUT2D eigenvalue weighted by Crippen LogP contribution is -2.37. The molecular weight excluding hydrogens is 344 g/mol. The van der Waals surface area contributed by atoms with E-state index in [1.54, 1.807) is 6.07 Å². The molecule has 0 bridgehead atoms. The molecule has 2 aromatic carbocycles. The summed E-state index contributed by atoms with van der Waals surface area (Å²) in [5, 5.41) is 6.31. The normalized spacial score (nSPS) is 10.1. The molecule has 0 aromatic heterocycles. The number of halogens is 1. The summed E-state index contributed by atoms with van der Waals surface area (Å²) >= 11 is 11.2. The molecule has 0 fully saturated rings. The fraction of sp³-hybridized carbons (Fsp3) is 0.222. The second-order valence-electron chi connectivity index (χ2n) is 5.25. The first kappa shape index (κ1) is 18.2. The lowest BCUT2D eigenvalue weighted by atomic mass is 10.2. The van der Waals surface area contributed by atoms with Gasteiger partial charge in [0.05, 0.1) is 0 Å². The van der Waals surface area contributed by atoms with Crippen LogP contribution in [0.25, 0.3) is 0 Å². The van der Waals surface area contributed by atoms with Gasteiger partial charge in [-0.15, -0.1) is 0 Å². The van der Waals surface area contributed by atoms with E-state index in [1.807, 2.05) is 43.3 Å². The Labute approximate surface area is 152 Å². The summed E-state index contributed by atoms with van der Waals surface area (Å²) in [5.74, 6) is 0.317. The van der Waals surface area contributed by atoms with E-state index in [-0.39, 0.29) is 17.6 Å². The first-order valence-corrected chi connectivity index (χ1v) is 8.35. The number of aryl methyl sites for hydroxylation is 2. The highest BCUT2D eigenvalue weighted by molar-refractivity contribution is 7.80. The van der Waals surface area contributed by atoms with Crippen molar-refractivity contribution in [2.75, 3.05) is 11.9 Å². The topological polar surface area (TPSA) is 50.4 Å². The molecule has 0 saturated heterocycles. The van der Waals surface area contributed by atoms with Gasteiger partial charge in [-0.05, 0) is 61.0 Å². The van der Waals surface area contributed by atoms with E-state index in [9.17, 15) is 4.79 Å². The fourth-order valence-corrected chi connectivity index (χ4v) is 2.38. The zero-order valence-corrected chi connectivity index (χ0v) is 15.1. The van der Waals surface area contributed by atoms with E-state index < -0.39 is 0 Å². The van der Waals surface area contributed by atoms with Gasteiger partial charge in [-0.2, -0.15) is 0 Å². The van der Waals surface area contributed by atoms with Crippen molar-refractivity contribution in [3.05, 3.63) is 58.6 Å². The van der Waals surface area contributed by atoms with Gasteiger partial charge in [-0.1, -0.05) is 36.7 Å². The quantitative estimate of drug-likeness (QED) is 0.786. The molecule has 0 aliphatic heterocycles. The summed E-state index contributed by atoms with van der Waals surface area (Å²) in [7, 11) is 0. The van der Waals surface area contributed by atoms with Crippen LogP contribution in [0.3, 0.4) is 0 Å². The standard InChI is InChI=1S/C18H19ClN2O2S/c1-3-13-5-8-15(9-6-13)23-11-17(22)21-18(24)20-14-7-4-12(2)16(19)10-14/h4-10H,3,11H2,1-2H3,(H2,20,21,22,24). The zero-order valence-electron chi connectivity index (χ0n) is 13.6. The van der Waals surface area contributed by atoms with E-state index in [0.29, 0.717) is 16.5 Å². The molecule has 0 heterocycles. The van der Waals surface area contributed by atoms with Crippen molar-refractivity contribution in [2.45, 2.75) is 20.3 Å². The highest BCUT2D eigenvalue weighted by Crippen LogP contribution is 2.19. The molecule has 0 aliphatic rings. The molecule has 2 aromatic rings. The summed E-state index contributed by atoms with van der Waals surface area (Å²) < 4.78 is 5.43. The van der Waals surface area contributed by atoms with Gasteiger partial charge >= 0.3 is 0 Å². The molecule has 6 heteroatoms. The first-order chi connectivity index (χ1) is 11.5. The monoisotopic (exact) mass is 362 g/mol. The Morgan fingerprint density at radius 3 is 2.54 bits per heavy atom. The lowest BCUT2D eigenvalue weighted by Gasteiger charge is -2.11. The van der Waals surface area contributed by atoms with Crippen molar-refractivity contribution in [2.24, 2.45) is 0 Å². The summed E-state index contributed by atoms with van der Waals surface area (Å²) in [6, 6.07) is 13.1. The van der Waals surface area contributed by atoms with E-state index in [1.165, 1.54) is 5.56 Å². The number of nitrogens with one attached hydrogen (secondary N) is 2. The van der Waals surface area contributed by atoms with Gasteiger partial charge in [0.25, 0.3) is 5.91 Å². The average molecular weight is 363 g/mol. The Morgan fingerprint density at radius 2 is 1.92 bits per heavy atom. The van der Waals surface area contributed by atoms with Crippen LogP contribution in [0.1, 0.15) is 18.1 Å². The van der Waals surface area contributed by atoms with Crippen LogP contribution in [-0.4, -0.2) is 17.6 Å². The maximum absolute atomic E-state index is 11.9. The van der Waals surface area contributed by atoms with Gasteiger partial charge in [0.1, 0.15) is 5.75 Å². The molecule has 0 spiro atoms. The highest BCUT2D eigenvalue weighted by atomic mass is 35.5. The van der Waals surface area contributed by atoms with Gasteiger partial charge in [0.15, 0.2) is 11.7 Å². The summed E-state index contributed by atoms with van der Waals surface area (Å²) in [6.07, 6.45) is 0.962. The number of carbonyl (C=O) groups excluding carboxylic acids is 1. The van der Waals surface area contributed by atoms with Crippen molar-refractivity contribution >= 4 is 40.5 Å². The molecule has 0 aliphatic carbocycles. The number of ether oxygens (including phenoxy) is 1. The van der Waals surface area contributed by atoms with E-state index in [2.05, 4.69) is 17.6 Å². The van der Waals surface area contributed by atoms with Crippen LogP contribution in [0, 0.1) is 6.92 Å². The first-order valence-electron chi connectivity index (χ1n) is 7.56. The van der Waals surface area contributed by atoms with Crippen LogP contribution in [0.5, 0.6) is 5.75 Å². The van der Waals surface area contributed by atoms with Crippen LogP contribution in [0.15, 0.2) is 42.5 Å². The molecule has 24 heavy (non-hydrogen) atoms. The number of carbonyl (C=O) groups is 1. The van der Waals surface area contributed by atoms with Crippen molar-refractivity contribution in [1.29, 1.82) is 0 Å². The van der Waals surface area contributed by atoms with Crippen LogP contribution in [0.4, 0.5) is 5.69 Å². The lowest BCUT2D eigenvalue weighted by molar-refractivity contribution is -0.121. The summed E-state index contributed by atoms with van der Waals surface area (Å²) in [5.41, 5.74) is 2.90. The number of hydrogen-bond donors (Lipinski definition) is 2. The minimum Gasteiger partial charge on any atom is -0.484 e. The molecule has 2 rings (SSSR count). The Hall–Kier alpha value is -2.11. The van der Waals surface area contributed by atoms with Crippen LogP contribution < -0.4 is 15.4 Å². The molecule has 0 radical (unpaired) electrons. The predicted molar refractivity (Wildman–Crippen MR) is 102 cm³/mol. The Balaban J connectivity index is 1.80. The molecule has 2 N–H and O–H groups in total. The SMILES string of the molecule is CCc1ccc(OCC(=O)NC(=S)Nc2ccc(C)c(Cl)c2)cc1. The Kier molecular flexibility index (Phi) is 6.58. The average Bonchev–Trinajstić information content (AvgIpc) is 2.56. The number of thiocarbonyl (C=S) groups is 1. The molecule has 0 unspecified atom stereocenters. The zero-order chi connectivity index (χ0) is 17.5. The highest BCUT2D eigenvalue weighted by Gasteiger charge is 2.07. The molecule has 4 nitrogen and oxygen atoms in total. The van der Waals surface area contributed by atoms with Gasteiger partial charge in [-0.25, -0.2) is 0 Å². The smallest absolute Gasteiger partial charge is 0.264 e. The number of anilines is 1. The summed E-state index contributed by atoms with van der Waals surface area (Å²) in [4.78, 5) is 11.9. The second kappa shape index (κ2) is 8.66. The Morgan fingerprint density at radius 1 is 1.21 bits per heavy atom. The van der Waals surface area contributed by atoms with Crippen molar-refractivity contribution < 1.29 is 9.53 Å². The van der Waals surface area contributed by atoms with E-state index >= 15 is 0 Å². The van der Waals surface area contributed by atoms with Crippen LogP contribution in [-0.2, 0) is 11.2 Å². The number of amides is 1. The number of hydrogen-bond acceptors (Lipinski definition) is 3. The predicted octanol–water partition coefficient (Wildman–Crippen LogP) is 4.10. The van der Waals surface area contributed by atoms with Crippen LogP contribution >= 0.6 is 23.8 Å². The molecular formula is C18H19ClN2O2S. The van der Waals surface area contributed by atoms with Gasteiger partial charge < -0.3 is 10.1 Å². The minimum atomic E-state index is -0.328. The Bertz CT molecular complexity index is 732. The van der Waals surface area contributed by atoms with Crippen molar-refractivity contribution in [3.63, 3.8) is 0 Å². The van der Waals surface area contributed by atoms with E-state index in [0.717, 1.165) is 12.0 Å². The molecule has 0 atom stereocenters. The van der Waals surface area contributed by atoms with E-state index in [4.69, 9.17) is 28.6 Å². The molecule has 0 saturated carbocycles. The number of benzene rings is 2.